The molecule has 0 aromatic heterocycles. The van der Waals surface area contributed by atoms with Gasteiger partial charge in [0.2, 0.25) is 0 Å². The van der Waals surface area contributed by atoms with Gasteiger partial charge in [-0.15, -0.1) is 0 Å². The summed E-state index contributed by atoms with van der Waals surface area (Å²) in [6.45, 7) is 2.25. The van der Waals surface area contributed by atoms with E-state index in [-0.39, 0.29) is 5.56 Å². The van der Waals surface area contributed by atoms with Crippen LogP contribution in [0.4, 0.5) is 13.2 Å². The highest BCUT2D eigenvalue weighted by atomic mass is 19.1. The van der Waals surface area contributed by atoms with E-state index >= 15 is 4.39 Å². The Bertz CT molecular complexity index is 872. The van der Waals surface area contributed by atoms with Crippen LogP contribution in [0, 0.1) is 29.3 Å². The Morgan fingerprint density at radius 3 is 2.36 bits per heavy atom. The zero-order valence-electron chi connectivity index (χ0n) is 16.4. The van der Waals surface area contributed by atoms with Crippen molar-refractivity contribution in [1.82, 2.24) is 0 Å². The van der Waals surface area contributed by atoms with Gasteiger partial charge in [-0.1, -0.05) is 43.5 Å². The van der Waals surface area contributed by atoms with Gasteiger partial charge in [-0.2, -0.15) is 0 Å². The Kier molecular flexibility index (Phi) is 5.61. The minimum atomic E-state index is -0.559. The monoisotopic (exact) mass is 384 g/mol. The van der Waals surface area contributed by atoms with Crippen LogP contribution in [-0.4, -0.2) is 0 Å². The molecular weight excluding hydrogens is 357 g/mol. The second-order valence-corrected chi connectivity index (χ2v) is 8.36. The molecule has 0 heterocycles. The fourth-order valence-corrected chi connectivity index (χ4v) is 5.03. The first-order chi connectivity index (χ1) is 13.6. The van der Waals surface area contributed by atoms with Crippen molar-refractivity contribution in [2.75, 3.05) is 0 Å². The first-order valence-corrected chi connectivity index (χ1v) is 10.5. The van der Waals surface area contributed by atoms with Crippen molar-refractivity contribution in [1.29, 1.82) is 0 Å². The summed E-state index contributed by atoms with van der Waals surface area (Å²) >= 11 is 0. The molecule has 2 aromatic carbocycles. The summed E-state index contributed by atoms with van der Waals surface area (Å²) in [4.78, 5) is 0. The van der Waals surface area contributed by atoms with E-state index in [0.29, 0.717) is 29.9 Å². The van der Waals surface area contributed by atoms with E-state index in [1.807, 2.05) is 0 Å². The van der Waals surface area contributed by atoms with Crippen molar-refractivity contribution in [2.45, 2.75) is 58.3 Å². The highest BCUT2D eigenvalue weighted by Crippen LogP contribution is 2.40. The summed E-state index contributed by atoms with van der Waals surface area (Å²) in [5.74, 6) is -0.0573. The molecule has 0 unspecified atom stereocenters. The molecule has 0 nitrogen and oxygen atoms in total. The van der Waals surface area contributed by atoms with Gasteiger partial charge in [-0.25, -0.2) is 13.2 Å². The maximum absolute atomic E-state index is 15.1. The van der Waals surface area contributed by atoms with Gasteiger partial charge in [-0.3, -0.25) is 0 Å². The van der Waals surface area contributed by atoms with Crippen molar-refractivity contribution in [3.8, 4) is 11.1 Å². The van der Waals surface area contributed by atoms with Crippen LogP contribution in [0.5, 0.6) is 0 Å². The largest absolute Gasteiger partial charge is 0.207 e. The zero-order chi connectivity index (χ0) is 19.7. The average Bonchev–Trinajstić information content (AvgIpc) is 2.70. The van der Waals surface area contributed by atoms with Crippen molar-refractivity contribution in [3.05, 3.63) is 70.6 Å². The fourth-order valence-electron chi connectivity index (χ4n) is 5.03. The third-order valence-corrected chi connectivity index (χ3v) is 6.58. The third kappa shape index (κ3) is 3.76. The molecule has 0 N–H and O–H groups in total. The number of benzene rings is 2. The van der Waals surface area contributed by atoms with E-state index in [1.165, 1.54) is 74.4 Å². The van der Waals surface area contributed by atoms with Crippen LogP contribution in [0.3, 0.4) is 0 Å². The molecule has 1 saturated carbocycles. The molecule has 0 spiro atoms. The normalized spacial score (nSPS) is 21.9. The highest BCUT2D eigenvalue weighted by molar-refractivity contribution is 5.67. The van der Waals surface area contributed by atoms with Crippen molar-refractivity contribution >= 4 is 0 Å². The van der Waals surface area contributed by atoms with Crippen LogP contribution in [-0.2, 0) is 12.8 Å². The van der Waals surface area contributed by atoms with Crippen LogP contribution >= 0.6 is 0 Å². The van der Waals surface area contributed by atoms with E-state index in [9.17, 15) is 8.78 Å². The van der Waals surface area contributed by atoms with Crippen LogP contribution in [0.15, 0.2) is 42.0 Å². The summed E-state index contributed by atoms with van der Waals surface area (Å²) in [5, 5.41) is 0. The second-order valence-electron chi connectivity index (χ2n) is 8.36. The van der Waals surface area contributed by atoms with E-state index in [0.717, 1.165) is 11.5 Å². The molecule has 1 fully saturated rings. The molecule has 0 bridgehead atoms. The minimum absolute atomic E-state index is 0.0457. The Labute approximate surface area is 165 Å². The lowest BCUT2D eigenvalue weighted by Crippen LogP contribution is -2.20. The van der Waals surface area contributed by atoms with E-state index < -0.39 is 17.5 Å². The van der Waals surface area contributed by atoms with E-state index in [2.05, 4.69) is 13.0 Å². The van der Waals surface area contributed by atoms with Crippen LogP contribution in [0.2, 0.25) is 0 Å². The lowest BCUT2D eigenvalue weighted by Gasteiger charge is -2.32. The van der Waals surface area contributed by atoms with Gasteiger partial charge in [0.15, 0.2) is 0 Å². The van der Waals surface area contributed by atoms with Gasteiger partial charge in [0.25, 0.3) is 0 Å². The quantitative estimate of drug-likeness (QED) is 0.482. The molecule has 0 radical (unpaired) electrons. The number of fused-ring (bicyclic) bond motifs is 1. The van der Waals surface area contributed by atoms with Gasteiger partial charge in [0.1, 0.15) is 17.5 Å². The molecule has 0 amide bonds. The summed E-state index contributed by atoms with van der Waals surface area (Å²) in [7, 11) is 0. The maximum atomic E-state index is 15.1. The molecule has 0 aliphatic heterocycles. The number of rotatable bonds is 4. The lowest BCUT2D eigenvalue weighted by atomic mass is 9.73. The number of allylic oxidation sites excluding steroid dienone is 2. The first-order valence-electron chi connectivity index (χ1n) is 10.5. The molecule has 2 aromatic rings. The zero-order valence-corrected chi connectivity index (χ0v) is 16.4. The van der Waals surface area contributed by atoms with Gasteiger partial charge in [-0.05, 0) is 85.3 Å². The van der Waals surface area contributed by atoms with Crippen molar-refractivity contribution in [3.63, 3.8) is 0 Å². The van der Waals surface area contributed by atoms with Crippen LogP contribution in [0.25, 0.3) is 11.1 Å². The predicted molar refractivity (Wildman–Crippen MR) is 108 cm³/mol. The van der Waals surface area contributed by atoms with Gasteiger partial charge in [0.05, 0.1) is 5.56 Å². The smallest absolute Gasteiger partial charge is 0.137 e. The number of hydrogen-bond donors (Lipinski definition) is 0. The molecule has 2 aliphatic rings. The van der Waals surface area contributed by atoms with Crippen molar-refractivity contribution < 1.29 is 13.2 Å². The lowest BCUT2D eigenvalue weighted by molar-refractivity contribution is 0.283. The molecule has 0 saturated heterocycles. The molecule has 0 atom stereocenters. The Balaban J connectivity index is 1.56. The molecule has 28 heavy (non-hydrogen) atoms. The predicted octanol–water partition coefficient (Wildman–Crippen LogP) is 7.40. The Morgan fingerprint density at radius 2 is 1.68 bits per heavy atom. The number of halogens is 3. The summed E-state index contributed by atoms with van der Waals surface area (Å²) < 4.78 is 43.1. The molecule has 2 aliphatic carbocycles. The van der Waals surface area contributed by atoms with E-state index in [4.69, 9.17) is 0 Å². The summed E-state index contributed by atoms with van der Waals surface area (Å²) in [6.07, 6.45) is 10.8. The maximum Gasteiger partial charge on any atom is 0.137 e. The van der Waals surface area contributed by atoms with Crippen molar-refractivity contribution in [2.24, 2.45) is 11.8 Å². The Morgan fingerprint density at radius 1 is 0.964 bits per heavy atom. The van der Waals surface area contributed by atoms with E-state index in [1.54, 1.807) is 0 Å². The first kappa shape index (κ1) is 19.3. The number of hydrogen-bond acceptors (Lipinski definition) is 0. The standard InChI is InChI=1S/C25H27F3/c1-2-3-16-4-6-17(7-5-16)19-10-13-22-20(14-19)15-23(27)24(25(22)28)18-8-11-21(26)12-9-18/h8-12,15-17H,2-7,13-14H2,1H3. The fraction of sp³-hybridized carbons (Fsp3) is 0.440. The molecule has 4 rings (SSSR count). The molecule has 148 valence electrons. The third-order valence-electron chi connectivity index (χ3n) is 6.58. The topological polar surface area (TPSA) is 0 Å². The highest BCUT2D eigenvalue weighted by Gasteiger charge is 2.27. The van der Waals surface area contributed by atoms with Gasteiger partial charge in [0, 0.05) is 0 Å². The molecule has 3 heteroatoms. The minimum Gasteiger partial charge on any atom is -0.207 e. The second kappa shape index (κ2) is 8.14. The molecular formula is C25H27F3. The average molecular weight is 384 g/mol. The van der Waals surface area contributed by atoms with Crippen LogP contribution < -0.4 is 0 Å². The summed E-state index contributed by atoms with van der Waals surface area (Å²) in [6, 6.07) is 6.83. The van der Waals surface area contributed by atoms with Gasteiger partial charge < -0.3 is 0 Å². The Hall–Kier alpha value is -2.03. The van der Waals surface area contributed by atoms with Crippen LogP contribution in [0.1, 0.15) is 56.6 Å². The summed E-state index contributed by atoms with van der Waals surface area (Å²) in [5.41, 5.74) is 3.05. The SMILES string of the molecule is CCCC1CCC(C2=CCc3c(cc(F)c(-c4ccc(F)cc4)c3F)C2)CC1. The van der Waals surface area contributed by atoms with Gasteiger partial charge >= 0.3 is 0 Å².